The molecule has 1 aliphatic heterocycles. The fourth-order valence-electron chi connectivity index (χ4n) is 3.49. The number of aryl methyl sites for hydroxylation is 1. The third-order valence-corrected chi connectivity index (χ3v) is 5.03. The zero-order valence-corrected chi connectivity index (χ0v) is 16.1. The molecule has 2 atom stereocenters. The topological polar surface area (TPSA) is 57.6 Å². The summed E-state index contributed by atoms with van der Waals surface area (Å²) in [6.07, 6.45) is 1.75. The van der Waals surface area contributed by atoms with E-state index in [4.69, 9.17) is 4.74 Å². The molecule has 1 aliphatic rings. The van der Waals surface area contributed by atoms with Gasteiger partial charge in [0.25, 0.3) is 0 Å². The molecule has 5 nitrogen and oxygen atoms in total. The van der Waals surface area contributed by atoms with Gasteiger partial charge in [0.05, 0.1) is 11.7 Å². The Morgan fingerprint density at radius 2 is 2.08 bits per heavy atom. The second-order valence-electron chi connectivity index (χ2n) is 7.26. The maximum absolute atomic E-state index is 10.1. The minimum atomic E-state index is -0.0921. The molecule has 26 heavy (non-hydrogen) atoms. The summed E-state index contributed by atoms with van der Waals surface area (Å²) in [5.41, 5.74) is 2.92. The first-order valence-corrected chi connectivity index (χ1v) is 9.35. The highest BCUT2D eigenvalue weighted by Gasteiger charge is 2.30. The second-order valence-corrected chi connectivity index (χ2v) is 7.26. The van der Waals surface area contributed by atoms with Crippen LogP contribution in [0.1, 0.15) is 49.6 Å². The van der Waals surface area contributed by atoms with Crippen LogP contribution in [0.4, 0.5) is 0 Å². The number of rotatable bonds is 5. The summed E-state index contributed by atoms with van der Waals surface area (Å²) in [6.45, 7) is 10.9. The van der Waals surface area contributed by atoms with Crippen LogP contribution in [0.2, 0.25) is 0 Å². The molecule has 2 heterocycles. The molecule has 2 N–H and O–H groups in total. The number of hydrogen-bond acceptors (Lipinski definition) is 5. The van der Waals surface area contributed by atoms with Crippen molar-refractivity contribution in [1.82, 2.24) is 15.2 Å². The Kier molecular flexibility index (Phi) is 5.79. The zero-order valence-electron chi connectivity index (χ0n) is 16.1. The molecule has 1 fully saturated rings. The van der Waals surface area contributed by atoms with E-state index in [0.717, 1.165) is 42.2 Å². The van der Waals surface area contributed by atoms with Crippen molar-refractivity contribution in [3.63, 3.8) is 0 Å². The summed E-state index contributed by atoms with van der Waals surface area (Å²) in [4.78, 5) is 6.90. The number of hydrogen-bond donors (Lipinski definition) is 2. The third kappa shape index (κ3) is 4.00. The summed E-state index contributed by atoms with van der Waals surface area (Å²) < 4.78 is 6.39. The van der Waals surface area contributed by atoms with Crippen LogP contribution in [0, 0.1) is 6.92 Å². The average molecular weight is 355 g/mol. The quantitative estimate of drug-likeness (QED) is 0.858. The minimum Gasteiger partial charge on any atom is -0.508 e. The summed E-state index contributed by atoms with van der Waals surface area (Å²) in [6, 6.07) is 10.00. The lowest BCUT2D eigenvalue weighted by molar-refractivity contribution is -0.00770. The van der Waals surface area contributed by atoms with Crippen LogP contribution in [0.15, 0.2) is 36.5 Å². The standard InChI is InChI=1S/C21H29N3O2/c1-14(2)17-12-20(25)15(3)11-21(17)26-16(4)24-10-9-22-13-19(24)18-7-5-6-8-23-18/h5-8,11-12,14,16,19,22,25H,9-10,13H2,1-4H3. The largest absolute Gasteiger partial charge is 0.508 e. The molecule has 1 aromatic carbocycles. The molecule has 1 aromatic heterocycles. The molecule has 0 saturated carbocycles. The molecule has 1 saturated heterocycles. The Labute approximate surface area is 156 Å². The van der Waals surface area contributed by atoms with Crippen molar-refractivity contribution in [3.8, 4) is 11.5 Å². The number of aromatic hydroxyl groups is 1. The van der Waals surface area contributed by atoms with E-state index in [2.05, 4.69) is 42.0 Å². The van der Waals surface area contributed by atoms with Crippen LogP contribution in [-0.2, 0) is 0 Å². The highest BCUT2D eigenvalue weighted by atomic mass is 16.5. The smallest absolute Gasteiger partial charge is 0.150 e. The Morgan fingerprint density at radius 1 is 1.27 bits per heavy atom. The molecule has 2 unspecified atom stereocenters. The van der Waals surface area contributed by atoms with Crippen LogP contribution in [0.25, 0.3) is 0 Å². The van der Waals surface area contributed by atoms with Crippen molar-refractivity contribution in [3.05, 3.63) is 53.3 Å². The second kappa shape index (κ2) is 8.06. The molecule has 0 amide bonds. The molecule has 5 heteroatoms. The number of phenolic OH excluding ortho intramolecular Hbond substituents is 1. The lowest BCUT2D eigenvalue weighted by atomic mass is 10.00. The Morgan fingerprint density at radius 3 is 2.77 bits per heavy atom. The zero-order chi connectivity index (χ0) is 18.7. The SMILES string of the molecule is Cc1cc(OC(C)N2CCNCC2c2ccccn2)c(C(C)C)cc1O. The van der Waals surface area contributed by atoms with E-state index in [9.17, 15) is 5.11 Å². The first-order chi connectivity index (χ1) is 12.5. The van der Waals surface area contributed by atoms with E-state index < -0.39 is 0 Å². The van der Waals surface area contributed by atoms with E-state index in [1.54, 1.807) is 0 Å². The number of ether oxygens (including phenoxy) is 1. The van der Waals surface area contributed by atoms with Gasteiger partial charge in [-0.25, -0.2) is 0 Å². The molecule has 140 valence electrons. The van der Waals surface area contributed by atoms with Crippen molar-refractivity contribution < 1.29 is 9.84 Å². The van der Waals surface area contributed by atoms with Gasteiger partial charge in [0.2, 0.25) is 0 Å². The molecule has 3 rings (SSSR count). The molecule has 0 radical (unpaired) electrons. The van der Waals surface area contributed by atoms with E-state index in [0.29, 0.717) is 5.75 Å². The van der Waals surface area contributed by atoms with Gasteiger partial charge in [0, 0.05) is 31.4 Å². The van der Waals surface area contributed by atoms with Gasteiger partial charge < -0.3 is 15.2 Å². The van der Waals surface area contributed by atoms with Gasteiger partial charge in [0.15, 0.2) is 0 Å². The van der Waals surface area contributed by atoms with E-state index >= 15 is 0 Å². The summed E-state index contributed by atoms with van der Waals surface area (Å²) in [7, 11) is 0. The maximum Gasteiger partial charge on any atom is 0.150 e. The average Bonchev–Trinajstić information content (AvgIpc) is 2.65. The van der Waals surface area contributed by atoms with Gasteiger partial charge in [-0.1, -0.05) is 19.9 Å². The normalized spacial score (nSPS) is 19.5. The fraction of sp³-hybridized carbons (Fsp3) is 0.476. The van der Waals surface area contributed by atoms with Gasteiger partial charge in [-0.3, -0.25) is 9.88 Å². The summed E-state index contributed by atoms with van der Waals surface area (Å²) >= 11 is 0. The monoisotopic (exact) mass is 355 g/mol. The van der Waals surface area contributed by atoms with Gasteiger partial charge in [-0.15, -0.1) is 0 Å². The predicted molar refractivity (Wildman–Crippen MR) is 104 cm³/mol. The number of benzene rings is 1. The minimum absolute atomic E-state index is 0.0921. The first-order valence-electron chi connectivity index (χ1n) is 9.35. The predicted octanol–water partition coefficient (Wildman–Crippen LogP) is 3.59. The van der Waals surface area contributed by atoms with Gasteiger partial charge in [0.1, 0.15) is 17.7 Å². The van der Waals surface area contributed by atoms with Crippen LogP contribution in [0.3, 0.4) is 0 Å². The Balaban J connectivity index is 1.84. The molecule has 0 spiro atoms. The van der Waals surface area contributed by atoms with Crippen molar-refractivity contribution >= 4 is 0 Å². The summed E-state index contributed by atoms with van der Waals surface area (Å²) in [5.74, 6) is 1.45. The van der Waals surface area contributed by atoms with Crippen LogP contribution in [0.5, 0.6) is 11.5 Å². The van der Waals surface area contributed by atoms with E-state index in [1.165, 1.54) is 0 Å². The van der Waals surface area contributed by atoms with Crippen molar-refractivity contribution in [2.24, 2.45) is 0 Å². The van der Waals surface area contributed by atoms with E-state index in [1.807, 2.05) is 37.4 Å². The molecule has 0 bridgehead atoms. The van der Waals surface area contributed by atoms with E-state index in [-0.39, 0.29) is 18.2 Å². The lowest BCUT2D eigenvalue weighted by Crippen LogP contribution is -2.51. The van der Waals surface area contributed by atoms with Crippen LogP contribution in [-0.4, -0.2) is 40.9 Å². The number of pyridine rings is 1. The Hall–Kier alpha value is -2.11. The number of nitrogens with zero attached hydrogens (tertiary/aromatic N) is 2. The number of phenols is 1. The summed E-state index contributed by atoms with van der Waals surface area (Å²) in [5, 5.41) is 13.5. The van der Waals surface area contributed by atoms with Crippen LogP contribution >= 0.6 is 0 Å². The van der Waals surface area contributed by atoms with Gasteiger partial charge >= 0.3 is 0 Å². The number of aromatic nitrogens is 1. The van der Waals surface area contributed by atoms with Crippen molar-refractivity contribution in [2.75, 3.05) is 19.6 Å². The number of nitrogens with one attached hydrogen (secondary N) is 1. The maximum atomic E-state index is 10.1. The van der Waals surface area contributed by atoms with Crippen LogP contribution < -0.4 is 10.1 Å². The molecule has 2 aromatic rings. The fourth-order valence-corrected chi connectivity index (χ4v) is 3.49. The first kappa shape index (κ1) is 18.7. The third-order valence-electron chi connectivity index (χ3n) is 5.03. The van der Waals surface area contributed by atoms with Gasteiger partial charge in [-0.05, 0) is 49.6 Å². The van der Waals surface area contributed by atoms with Gasteiger partial charge in [-0.2, -0.15) is 0 Å². The molecular weight excluding hydrogens is 326 g/mol. The number of piperazine rings is 1. The highest BCUT2D eigenvalue weighted by molar-refractivity contribution is 5.46. The highest BCUT2D eigenvalue weighted by Crippen LogP contribution is 2.34. The van der Waals surface area contributed by atoms with Crippen molar-refractivity contribution in [1.29, 1.82) is 0 Å². The molecule has 0 aliphatic carbocycles. The Bertz CT molecular complexity index is 734. The lowest BCUT2D eigenvalue weighted by Gasteiger charge is -2.39. The molecular formula is C21H29N3O2. The van der Waals surface area contributed by atoms with Crippen molar-refractivity contribution in [2.45, 2.75) is 45.9 Å².